The molecular formula is C21H22N2O2. The van der Waals surface area contributed by atoms with Gasteiger partial charge in [-0.05, 0) is 31.9 Å². The second kappa shape index (κ2) is 6.93. The molecule has 0 bridgehead atoms. The van der Waals surface area contributed by atoms with Crippen LogP contribution in [0.25, 0.3) is 11.3 Å². The van der Waals surface area contributed by atoms with Crippen molar-refractivity contribution >= 4 is 5.91 Å². The average Bonchev–Trinajstić information content (AvgIpc) is 2.99. The van der Waals surface area contributed by atoms with Crippen molar-refractivity contribution in [2.45, 2.75) is 27.3 Å². The highest BCUT2D eigenvalue weighted by molar-refractivity contribution is 6.00. The van der Waals surface area contributed by atoms with Crippen LogP contribution in [0.2, 0.25) is 0 Å². The van der Waals surface area contributed by atoms with Crippen LogP contribution in [0.4, 0.5) is 0 Å². The molecule has 1 heterocycles. The molecule has 25 heavy (non-hydrogen) atoms. The maximum absolute atomic E-state index is 13.0. The van der Waals surface area contributed by atoms with Gasteiger partial charge in [0, 0.05) is 19.2 Å². The summed E-state index contributed by atoms with van der Waals surface area (Å²) in [5.74, 6) is 0.453. The lowest BCUT2D eigenvalue weighted by molar-refractivity contribution is 0.0784. The Balaban J connectivity index is 1.89. The predicted molar refractivity (Wildman–Crippen MR) is 98.4 cm³/mol. The third kappa shape index (κ3) is 3.48. The highest BCUT2D eigenvalue weighted by atomic mass is 16.5. The summed E-state index contributed by atoms with van der Waals surface area (Å²) in [6, 6.07) is 15.9. The molecule has 1 amide bonds. The summed E-state index contributed by atoms with van der Waals surface area (Å²) >= 11 is 0. The second-order valence-corrected chi connectivity index (χ2v) is 6.42. The zero-order chi connectivity index (χ0) is 18.0. The Labute approximate surface area is 148 Å². The van der Waals surface area contributed by atoms with Crippen LogP contribution in [0.15, 0.2) is 53.1 Å². The standard InChI is InChI=1S/C21H22N2O2/c1-14-10-11-18(15(2)12-14)13-23(4)21(24)19-16(3)25-22-20(19)17-8-6-5-7-9-17/h5-12H,13H2,1-4H3. The molecule has 1 aromatic heterocycles. The summed E-state index contributed by atoms with van der Waals surface area (Å²) < 4.78 is 5.31. The molecule has 0 aliphatic carbocycles. The number of benzene rings is 2. The maximum Gasteiger partial charge on any atom is 0.259 e. The first-order chi connectivity index (χ1) is 12.0. The topological polar surface area (TPSA) is 46.3 Å². The van der Waals surface area contributed by atoms with Crippen molar-refractivity contribution in [3.8, 4) is 11.3 Å². The number of aryl methyl sites for hydroxylation is 3. The van der Waals surface area contributed by atoms with E-state index in [1.165, 1.54) is 11.1 Å². The summed E-state index contributed by atoms with van der Waals surface area (Å²) in [7, 11) is 1.81. The van der Waals surface area contributed by atoms with Crippen molar-refractivity contribution in [3.63, 3.8) is 0 Å². The highest BCUT2D eigenvalue weighted by Gasteiger charge is 2.24. The van der Waals surface area contributed by atoms with Crippen LogP contribution in [0, 0.1) is 20.8 Å². The first kappa shape index (κ1) is 17.0. The molecule has 0 atom stereocenters. The van der Waals surface area contributed by atoms with Crippen molar-refractivity contribution in [3.05, 3.63) is 76.5 Å². The number of carbonyl (C=O) groups is 1. The van der Waals surface area contributed by atoms with Gasteiger partial charge in [0.15, 0.2) is 0 Å². The van der Waals surface area contributed by atoms with Gasteiger partial charge in [0.25, 0.3) is 5.91 Å². The molecule has 3 rings (SSSR count). The van der Waals surface area contributed by atoms with Gasteiger partial charge in [0.05, 0.1) is 0 Å². The summed E-state index contributed by atoms with van der Waals surface area (Å²) in [5, 5.41) is 4.10. The van der Waals surface area contributed by atoms with E-state index in [9.17, 15) is 4.79 Å². The fourth-order valence-corrected chi connectivity index (χ4v) is 2.96. The number of rotatable bonds is 4. The lowest BCUT2D eigenvalue weighted by atomic mass is 10.0. The Hall–Kier alpha value is -2.88. The quantitative estimate of drug-likeness (QED) is 0.704. The lowest BCUT2D eigenvalue weighted by Gasteiger charge is -2.19. The molecule has 0 unspecified atom stereocenters. The van der Waals surface area contributed by atoms with Crippen LogP contribution < -0.4 is 0 Å². The highest BCUT2D eigenvalue weighted by Crippen LogP contribution is 2.26. The van der Waals surface area contributed by atoms with Crippen molar-refractivity contribution < 1.29 is 9.32 Å². The number of hydrogen-bond donors (Lipinski definition) is 0. The van der Waals surface area contributed by atoms with Crippen LogP contribution >= 0.6 is 0 Å². The lowest BCUT2D eigenvalue weighted by Crippen LogP contribution is -2.27. The molecular weight excluding hydrogens is 312 g/mol. The number of aromatic nitrogens is 1. The predicted octanol–water partition coefficient (Wildman–Crippen LogP) is 4.54. The zero-order valence-electron chi connectivity index (χ0n) is 15.0. The first-order valence-corrected chi connectivity index (χ1v) is 8.30. The van der Waals surface area contributed by atoms with Gasteiger partial charge in [-0.3, -0.25) is 4.79 Å². The van der Waals surface area contributed by atoms with E-state index in [2.05, 4.69) is 37.2 Å². The first-order valence-electron chi connectivity index (χ1n) is 8.30. The Morgan fingerprint density at radius 3 is 2.48 bits per heavy atom. The molecule has 4 nitrogen and oxygen atoms in total. The van der Waals surface area contributed by atoms with Gasteiger partial charge >= 0.3 is 0 Å². The number of hydrogen-bond acceptors (Lipinski definition) is 3. The average molecular weight is 334 g/mol. The van der Waals surface area contributed by atoms with E-state index in [-0.39, 0.29) is 5.91 Å². The van der Waals surface area contributed by atoms with Gasteiger partial charge in [-0.2, -0.15) is 0 Å². The van der Waals surface area contributed by atoms with Crippen LogP contribution in [0.3, 0.4) is 0 Å². The van der Waals surface area contributed by atoms with E-state index in [1.807, 2.05) is 37.4 Å². The molecule has 0 N–H and O–H groups in total. The van der Waals surface area contributed by atoms with E-state index < -0.39 is 0 Å². The molecule has 0 aliphatic heterocycles. The molecule has 0 fully saturated rings. The molecule has 4 heteroatoms. The van der Waals surface area contributed by atoms with Crippen LogP contribution in [-0.4, -0.2) is 23.0 Å². The normalized spacial score (nSPS) is 10.7. The smallest absolute Gasteiger partial charge is 0.259 e. The molecule has 0 spiro atoms. The number of carbonyl (C=O) groups excluding carboxylic acids is 1. The fraction of sp³-hybridized carbons (Fsp3) is 0.238. The Morgan fingerprint density at radius 2 is 1.80 bits per heavy atom. The Kier molecular flexibility index (Phi) is 4.70. The molecule has 3 aromatic rings. The van der Waals surface area contributed by atoms with Gasteiger partial charge in [0.1, 0.15) is 17.0 Å². The van der Waals surface area contributed by atoms with E-state index in [0.717, 1.165) is 11.1 Å². The molecule has 0 radical (unpaired) electrons. The van der Waals surface area contributed by atoms with Gasteiger partial charge < -0.3 is 9.42 Å². The van der Waals surface area contributed by atoms with Gasteiger partial charge in [0.2, 0.25) is 0 Å². The van der Waals surface area contributed by atoms with E-state index in [4.69, 9.17) is 4.52 Å². The molecule has 0 saturated heterocycles. The molecule has 2 aromatic carbocycles. The van der Waals surface area contributed by atoms with Gasteiger partial charge in [-0.15, -0.1) is 0 Å². The van der Waals surface area contributed by atoms with Crippen molar-refractivity contribution in [1.29, 1.82) is 0 Å². The minimum Gasteiger partial charge on any atom is -0.360 e. The largest absolute Gasteiger partial charge is 0.360 e. The minimum absolute atomic E-state index is 0.0856. The zero-order valence-corrected chi connectivity index (χ0v) is 15.0. The summed E-state index contributed by atoms with van der Waals surface area (Å²) in [4.78, 5) is 14.7. The van der Waals surface area contributed by atoms with Crippen LogP contribution in [0.5, 0.6) is 0 Å². The summed E-state index contributed by atoms with van der Waals surface area (Å²) in [5.41, 5.74) is 5.54. The summed E-state index contributed by atoms with van der Waals surface area (Å²) in [6.45, 7) is 6.46. The third-order valence-electron chi connectivity index (χ3n) is 4.38. The maximum atomic E-state index is 13.0. The van der Waals surface area contributed by atoms with Crippen LogP contribution in [-0.2, 0) is 6.54 Å². The van der Waals surface area contributed by atoms with E-state index >= 15 is 0 Å². The van der Waals surface area contributed by atoms with E-state index in [1.54, 1.807) is 11.8 Å². The van der Waals surface area contributed by atoms with Crippen molar-refractivity contribution in [2.24, 2.45) is 0 Å². The molecule has 0 saturated carbocycles. The molecule has 128 valence electrons. The van der Waals surface area contributed by atoms with Crippen molar-refractivity contribution in [1.82, 2.24) is 10.1 Å². The van der Waals surface area contributed by atoms with Crippen molar-refractivity contribution in [2.75, 3.05) is 7.05 Å². The molecule has 0 aliphatic rings. The van der Waals surface area contributed by atoms with Crippen LogP contribution in [0.1, 0.15) is 32.8 Å². The minimum atomic E-state index is -0.0856. The summed E-state index contributed by atoms with van der Waals surface area (Å²) in [6.07, 6.45) is 0. The Bertz CT molecular complexity index is 898. The van der Waals surface area contributed by atoms with Gasteiger partial charge in [-0.1, -0.05) is 59.3 Å². The van der Waals surface area contributed by atoms with Gasteiger partial charge in [-0.25, -0.2) is 0 Å². The SMILES string of the molecule is Cc1ccc(CN(C)C(=O)c2c(-c3ccccc3)noc2C)c(C)c1. The fourth-order valence-electron chi connectivity index (χ4n) is 2.96. The third-order valence-corrected chi connectivity index (χ3v) is 4.38. The number of nitrogens with zero attached hydrogens (tertiary/aromatic N) is 2. The number of amides is 1. The second-order valence-electron chi connectivity index (χ2n) is 6.42. The Morgan fingerprint density at radius 1 is 1.08 bits per heavy atom. The van der Waals surface area contributed by atoms with E-state index in [0.29, 0.717) is 23.6 Å². The monoisotopic (exact) mass is 334 g/mol.